The molecule has 1 aliphatic rings. The predicted octanol–water partition coefficient (Wildman–Crippen LogP) is 1.97. The topological polar surface area (TPSA) is 24.3 Å². The Balaban J connectivity index is 2.10. The Hall–Kier alpha value is -1.26. The summed E-state index contributed by atoms with van der Waals surface area (Å²) in [7, 11) is 2.16. The van der Waals surface area contributed by atoms with E-state index in [1.807, 2.05) is 0 Å². The Morgan fingerprint density at radius 1 is 1.21 bits per heavy atom. The van der Waals surface area contributed by atoms with Crippen molar-refractivity contribution in [2.24, 2.45) is 0 Å². The molecule has 0 unspecified atom stereocenters. The van der Waals surface area contributed by atoms with Crippen molar-refractivity contribution in [2.45, 2.75) is 12.8 Å². The Labute approximate surface area is 118 Å². The number of piperazine rings is 1. The van der Waals surface area contributed by atoms with E-state index >= 15 is 0 Å². The van der Waals surface area contributed by atoms with Gasteiger partial charge in [-0.3, -0.25) is 0 Å². The number of halogens is 1. The molecule has 0 bridgehead atoms. The van der Waals surface area contributed by atoms with Crippen LogP contribution >= 0.6 is 11.6 Å². The number of aryl methyl sites for hydroxylation is 1. The van der Waals surface area contributed by atoms with Gasteiger partial charge in [0.15, 0.2) is 0 Å². The highest BCUT2D eigenvalue weighted by atomic mass is 35.5. The fraction of sp³-hybridized carbons (Fsp3) is 0.500. The van der Waals surface area contributed by atoms with Gasteiger partial charge in [0.05, 0.1) is 16.9 Å². The zero-order valence-corrected chi connectivity index (χ0v) is 12.2. The van der Waals surface area contributed by atoms with Crippen molar-refractivity contribution >= 4 is 22.6 Å². The van der Waals surface area contributed by atoms with Crippen molar-refractivity contribution in [3.05, 3.63) is 29.6 Å². The highest BCUT2D eigenvalue weighted by Gasteiger charge is 2.20. The van der Waals surface area contributed by atoms with Crippen LogP contribution in [0, 0.1) is 6.92 Å². The number of rotatable bonds is 2. The second-order valence-corrected chi connectivity index (χ2v) is 5.44. The molecule has 19 heavy (non-hydrogen) atoms. The molecule has 5 heteroatoms. The van der Waals surface area contributed by atoms with Gasteiger partial charge in [-0.05, 0) is 25.6 Å². The SMILES string of the molecule is Cc1cccc2nc(CCl)n(N3CCN(C)CC3)c12. The molecule has 1 saturated heterocycles. The van der Waals surface area contributed by atoms with Crippen LogP contribution in [0.15, 0.2) is 18.2 Å². The summed E-state index contributed by atoms with van der Waals surface area (Å²) in [5.41, 5.74) is 3.48. The molecule has 0 saturated carbocycles. The monoisotopic (exact) mass is 278 g/mol. The number of hydrogen-bond donors (Lipinski definition) is 0. The van der Waals surface area contributed by atoms with Crippen LogP contribution < -0.4 is 5.01 Å². The van der Waals surface area contributed by atoms with Gasteiger partial charge < -0.3 is 9.91 Å². The van der Waals surface area contributed by atoms with Gasteiger partial charge in [-0.15, -0.1) is 11.6 Å². The zero-order valence-electron chi connectivity index (χ0n) is 11.4. The second-order valence-electron chi connectivity index (χ2n) is 5.17. The number of benzene rings is 1. The van der Waals surface area contributed by atoms with E-state index < -0.39 is 0 Å². The van der Waals surface area contributed by atoms with Crippen LogP contribution in [0.1, 0.15) is 11.4 Å². The Morgan fingerprint density at radius 3 is 2.63 bits per heavy atom. The van der Waals surface area contributed by atoms with Gasteiger partial charge in [0.2, 0.25) is 0 Å². The van der Waals surface area contributed by atoms with Gasteiger partial charge in [0, 0.05) is 26.2 Å². The Morgan fingerprint density at radius 2 is 1.95 bits per heavy atom. The number of likely N-dealkylation sites (N-methyl/N-ethyl adjacent to an activating group) is 1. The van der Waals surface area contributed by atoms with E-state index in [1.54, 1.807) is 0 Å². The van der Waals surface area contributed by atoms with Gasteiger partial charge >= 0.3 is 0 Å². The average Bonchev–Trinajstić information content (AvgIpc) is 2.80. The maximum Gasteiger partial charge on any atom is 0.143 e. The van der Waals surface area contributed by atoms with E-state index in [9.17, 15) is 0 Å². The van der Waals surface area contributed by atoms with Crippen LogP contribution in [0.3, 0.4) is 0 Å². The number of hydrogen-bond acceptors (Lipinski definition) is 3. The molecule has 2 heterocycles. The number of fused-ring (bicyclic) bond motifs is 1. The van der Waals surface area contributed by atoms with Crippen LogP contribution in [-0.2, 0) is 5.88 Å². The first-order valence-electron chi connectivity index (χ1n) is 6.67. The molecule has 0 radical (unpaired) electrons. The summed E-state index contributed by atoms with van der Waals surface area (Å²) in [5, 5.41) is 2.36. The molecular weight excluding hydrogens is 260 g/mol. The summed E-state index contributed by atoms with van der Waals surface area (Å²) in [6.07, 6.45) is 0. The van der Waals surface area contributed by atoms with Crippen LogP contribution in [-0.4, -0.2) is 47.8 Å². The molecule has 102 valence electrons. The first-order valence-corrected chi connectivity index (χ1v) is 7.21. The van der Waals surface area contributed by atoms with Gasteiger partial charge in [0.1, 0.15) is 5.82 Å². The molecule has 0 spiro atoms. The fourth-order valence-electron chi connectivity index (χ4n) is 2.71. The summed E-state index contributed by atoms with van der Waals surface area (Å²) in [6, 6.07) is 6.25. The normalized spacial score (nSPS) is 17.3. The minimum Gasteiger partial charge on any atom is -0.308 e. The fourth-order valence-corrected chi connectivity index (χ4v) is 2.88. The van der Waals surface area contributed by atoms with Crippen molar-refractivity contribution in [1.29, 1.82) is 0 Å². The molecule has 0 amide bonds. The van der Waals surface area contributed by atoms with Gasteiger partial charge in [-0.2, -0.15) is 0 Å². The molecule has 2 aromatic rings. The lowest BCUT2D eigenvalue weighted by atomic mass is 10.2. The number of nitrogens with zero attached hydrogens (tertiary/aromatic N) is 4. The van der Waals surface area contributed by atoms with E-state index in [0.717, 1.165) is 37.5 Å². The number of alkyl halides is 1. The summed E-state index contributed by atoms with van der Waals surface area (Å²) < 4.78 is 2.23. The van der Waals surface area contributed by atoms with Crippen LogP contribution in [0.2, 0.25) is 0 Å². The van der Waals surface area contributed by atoms with Crippen LogP contribution in [0.25, 0.3) is 11.0 Å². The van der Waals surface area contributed by atoms with Crippen molar-refractivity contribution < 1.29 is 0 Å². The van der Waals surface area contributed by atoms with E-state index in [-0.39, 0.29) is 0 Å². The molecular formula is C14H19ClN4. The van der Waals surface area contributed by atoms with Gasteiger partial charge in [-0.25, -0.2) is 9.66 Å². The molecule has 3 rings (SSSR count). The molecule has 0 N–H and O–H groups in total. The van der Waals surface area contributed by atoms with E-state index in [4.69, 9.17) is 11.6 Å². The number of aromatic nitrogens is 2. The minimum atomic E-state index is 0.445. The van der Waals surface area contributed by atoms with E-state index in [2.05, 4.69) is 51.7 Å². The van der Waals surface area contributed by atoms with E-state index in [1.165, 1.54) is 11.1 Å². The van der Waals surface area contributed by atoms with Crippen molar-refractivity contribution in [2.75, 3.05) is 38.2 Å². The van der Waals surface area contributed by atoms with Crippen molar-refractivity contribution in [1.82, 2.24) is 14.6 Å². The zero-order chi connectivity index (χ0) is 13.4. The van der Waals surface area contributed by atoms with Crippen LogP contribution in [0.5, 0.6) is 0 Å². The lowest BCUT2D eigenvalue weighted by Crippen LogP contribution is -2.50. The summed E-state index contributed by atoms with van der Waals surface area (Å²) in [5.74, 6) is 1.39. The first kappa shape index (κ1) is 12.8. The summed E-state index contributed by atoms with van der Waals surface area (Å²) in [4.78, 5) is 7.01. The molecule has 1 fully saturated rings. The van der Waals surface area contributed by atoms with Crippen LogP contribution in [0.4, 0.5) is 0 Å². The Bertz CT molecular complexity index is 584. The highest BCUT2D eigenvalue weighted by Crippen LogP contribution is 2.22. The summed E-state index contributed by atoms with van der Waals surface area (Å²) in [6.45, 7) is 6.32. The summed E-state index contributed by atoms with van der Waals surface area (Å²) >= 11 is 6.08. The van der Waals surface area contributed by atoms with E-state index in [0.29, 0.717) is 5.88 Å². The maximum atomic E-state index is 6.08. The third kappa shape index (κ3) is 2.19. The quantitative estimate of drug-likeness (QED) is 0.785. The van der Waals surface area contributed by atoms with Crippen molar-refractivity contribution in [3.63, 3.8) is 0 Å². The number of para-hydroxylation sites is 1. The number of imidazole rings is 1. The maximum absolute atomic E-state index is 6.08. The average molecular weight is 279 g/mol. The highest BCUT2D eigenvalue weighted by molar-refractivity contribution is 6.16. The second kappa shape index (κ2) is 5.02. The lowest BCUT2D eigenvalue weighted by molar-refractivity contribution is 0.288. The largest absolute Gasteiger partial charge is 0.308 e. The molecule has 4 nitrogen and oxygen atoms in total. The Kier molecular flexibility index (Phi) is 3.37. The molecule has 1 aromatic carbocycles. The molecule has 1 aliphatic heterocycles. The first-order chi connectivity index (χ1) is 9.20. The third-order valence-electron chi connectivity index (χ3n) is 3.80. The smallest absolute Gasteiger partial charge is 0.143 e. The standard InChI is InChI=1S/C14H19ClN4/c1-11-4-3-5-12-14(11)19(13(10-15)16-12)18-8-6-17(2)7-9-18/h3-5H,6-10H2,1-2H3. The van der Waals surface area contributed by atoms with Crippen molar-refractivity contribution in [3.8, 4) is 0 Å². The molecule has 0 atom stereocenters. The third-order valence-corrected chi connectivity index (χ3v) is 4.04. The van der Waals surface area contributed by atoms with Gasteiger partial charge in [0.25, 0.3) is 0 Å². The minimum absolute atomic E-state index is 0.445. The molecule has 0 aliphatic carbocycles. The predicted molar refractivity (Wildman–Crippen MR) is 79.5 cm³/mol. The van der Waals surface area contributed by atoms with Gasteiger partial charge in [-0.1, -0.05) is 12.1 Å². The molecule has 1 aromatic heterocycles. The lowest BCUT2D eigenvalue weighted by Gasteiger charge is -2.35.